The summed E-state index contributed by atoms with van der Waals surface area (Å²) >= 11 is 11.7. The molecule has 0 N–H and O–H groups in total. The fourth-order valence-corrected chi connectivity index (χ4v) is 1.61. The maximum absolute atomic E-state index is 5.96. The minimum absolute atomic E-state index is 0.537. The predicted octanol–water partition coefficient (Wildman–Crippen LogP) is 4.04. The lowest BCUT2D eigenvalue weighted by Gasteiger charge is -1.96. The number of nitrogens with zero attached hydrogens (tertiary/aromatic N) is 2. The van der Waals surface area contributed by atoms with E-state index >= 15 is 0 Å². The summed E-state index contributed by atoms with van der Waals surface area (Å²) in [5.74, 6) is 0.643. The molecule has 2 aromatic rings. The highest BCUT2D eigenvalue weighted by Gasteiger charge is 1.97. The maximum atomic E-state index is 5.96. The molecule has 0 bridgehead atoms. The van der Waals surface area contributed by atoms with Crippen molar-refractivity contribution in [3.8, 4) is 0 Å². The van der Waals surface area contributed by atoms with E-state index in [1.165, 1.54) is 6.21 Å². The monoisotopic (exact) mass is 266 g/mol. The van der Waals surface area contributed by atoms with Crippen LogP contribution < -0.4 is 0 Å². The zero-order valence-corrected chi connectivity index (χ0v) is 10.2. The first kappa shape index (κ1) is 11.9. The summed E-state index contributed by atoms with van der Waals surface area (Å²) in [6.07, 6.45) is 4.64. The number of benzene rings is 1. The van der Waals surface area contributed by atoms with Gasteiger partial charge in [0.15, 0.2) is 0 Å². The summed E-state index contributed by atoms with van der Waals surface area (Å²) in [5.41, 5.74) is 0.757. The molecule has 0 atom stereocenters. The Labute approximate surface area is 108 Å². The van der Waals surface area contributed by atoms with Gasteiger partial charge in [-0.15, -0.1) is 0 Å². The second-order valence-electron chi connectivity index (χ2n) is 3.17. The summed E-state index contributed by atoms with van der Waals surface area (Å²) in [7, 11) is 0. The van der Waals surface area contributed by atoms with Crippen LogP contribution in [0.3, 0.4) is 0 Å². The van der Waals surface area contributed by atoms with Crippen LogP contribution in [-0.4, -0.2) is 12.4 Å². The van der Waals surface area contributed by atoms with Gasteiger partial charge in [0, 0.05) is 10.6 Å². The van der Waals surface area contributed by atoms with Gasteiger partial charge in [0.25, 0.3) is 0 Å². The lowest BCUT2D eigenvalue weighted by atomic mass is 10.2. The van der Waals surface area contributed by atoms with Crippen LogP contribution in [0.4, 0.5) is 0 Å². The largest absolute Gasteiger partial charge is 0.463 e. The molecule has 1 aromatic heterocycles. The molecule has 17 heavy (non-hydrogen) atoms. The Morgan fingerprint density at radius 2 is 1.88 bits per heavy atom. The number of hydrogen-bond donors (Lipinski definition) is 0. The zero-order valence-electron chi connectivity index (χ0n) is 8.68. The highest BCUT2D eigenvalue weighted by atomic mass is 35.5. The Morgan fingerprint density at radius 1 is 1.06 bits per heavy atom. The third-order valence-corrected chi connectivity index (χ3v) is 2.52. The topological polar surface area (TPSA) is 37.9 Å². The van der Waals surface area contributed by atoms with Crippen molar-refractivity contribution in [2.45, 2.75) is 0 Å². The van der Waals surface area contributed by atoms with Crippen molar-refractivity contribution in [1.29, 1.82) is 0 Å². The van der Waals surface area contributed by atoms with Crippen molar-refractivity contribution < 1.29 is 4.42 Å². The second kappa shape index (κ2) is 5.66. The zero-order chi connectivity index (χ0) is 12.1. The van der Waals surface area contributed by atoms with Crippen molar-refractivity contribution in [3.63, 3.8) is 0 Å². The first-order valence-electron chi connectivity index (χ1n) is 4.80. The minimum Gasteiger partial charge on any atom is -0.463 e. The Bertz CT molecular complexity index is 548. The van der Waals surface area contributed by atoms with Crippen molar-refractivity contribution in [2.24, 2.45) is 10.2 Å². The van der Waals surface area contributed by atoms with Crippen LogP contribution in [0.15, 0.2) is 51.2 Å². The molecule has 0 radical (unpaired) electrons. The molecule has 1 aromatic carbocycles. The molecule has 2 rings (SSSR count). The predicted molar refractivity (Wildman–Crippen MR) is 70.4 cm³/mol. The molecule has 0 saturated carbocycles. The summed E-state index contributed by atoms with van der Waals surface area (Å²) in [4.78, 5) is 0. The fourth-order valence-electron chi connectivity index (χ4n) is 1.16. The summed E-state index contributed by atoms with van der Waals surface area (Å²) < 4.78 is 5.06. The van der Waals surface area contributed by atoms with Crippen LogP contribution in [0, 0.1) is 0 Å². The molecule has 1 heterocycles. The van der Waals surface area contributed by atoms with Crippen molar-refractivity contribution in [3.05, 3.63) is 58.0 Å². The van der Waals surface area contributed by atoms with Gasteiger partial charge in [-0.25, -0.2) is 0 Å². The van der Waals surface area contributed by atoms with Crippen LogP contribution in [0.2, 0.25) is 10.0 Å². The standard InChI is InChI=1S/C12H8Cl2N2O/c13-10-4-3-9(12(14)6-10)7-15-16-8-11-2-1-5-17-11/h1-8H/b15-7-,16-8-. The van der Waals surface area contributed by atoms with Crippen LogP contribution in [0.5, 0.6) is 0 Å². The molecule has 0 saturated heterocycles. The molecule has 86 valence electrons. The molecule has 0 aliphatic rings. The molecule has 0 spiro atoms. The minimum atomic E-state index is 0.537. The Kier molecular flexibility index (Phi) is 3.96. The average Bonchev–Trinajstić information content (AvgIpc) is 2.79. The molecular formula is C12H8Cl2N2O. The molecule has 0 unspecified atom stereocenters. The van der Waals surface area contributed by atoms with Crippen LogP contribution in [0.25, 0.3) is 0 Å². The maximum Gasteiger partial charge on any atom is 0.146 e. The summed E-state index contributed by atoms with van der Waals surface area (Å²) in [5, 5.41) is 8.82. The molecule has 0 amide bonds. The van der Waals surface area contributed by atoms with Crippen LogP contribution >= 0.6 is 23.2 Å². The van der Waals surface area contributed by atoms with E-state index in [-0.39, 0.29) is 0 Å². The number of halogens is 2. The van der Waals surface area contributed by atoms with E-state index in [0.29, 0.717) is 15.8 Å². The van der Waals surface area contributed by atoms with Crippen molar-refractivity contribution in [2.75, 3.05) is 0 Å². The molecule has 0 aliphatic heterocycles. The first-order chi connectivity index (χ1) is 8.25. The lowest BCUT2D eigenvalue weighted by molar-refractivity contribution is 0.560. The lowest BCUT2D eigenvalue weighted by Crippen LogP contribution is -1.82. The quantitative estimate of drug-likeness (QED) is 0.610. The third kappa shape index (κ3) is 3.44. The van der Waals surface area contributed by atoms with Gasteiger partial charge in [-0.2, -0.15) is 10.2 Å². The van der Waals surface area contributed by atoms with Gasteiger partial charge in [-0.1, -0.05) is 29.3 Å². The van der Waals surface area contributed by atoms with Crippen molar-refractivity contribution in [1.82, 2.24) is 0 Å². The van der Waals surface area contributed by atoms with E-state index in [1.54, 1.807) is 42.8 Å². The average molecular weight is 267 g/mol. The number of hydrogen-bond acceptors (Lipinski definition) is 3. The third-order valence-electron chi connectivity index (χ3n) is 1.95. The normalized spacial score (nSPS) is 11.6. The molecule has 5 heteroatoms. The van der Waals surface area contributed by atoms with E-state index in [9.17, 15) is 0 Å². The van der Waals surface area contributed by atoms with Crippen LogP contribution in [-0.2, 0) is 0 Å². The van der Waals surface area contributed by atoms with Gasteiger partial charge in [-0.05, 0) is 24.3 Å². The van der Waals surface area contributed by atoms with Gasteiger partial charge >= 0.3 is 0 Å². The summed E-state index contributed by atoms with van der Waals surface area (Å²) in [6.45, 7) is 0. The Morgan fingerprint density at radius 3 is 2.59 bits per heavy atom. The first-order valence-corrected chi connectivity index (χ1v) is 5.56. The van der Waals surface area contributed by atoms with E-state index in [2.05, 4.69) is 10.2 Å². The van der Waals surface area contributed by atoms with Gasteiger partial charge in [0.2, 0.25) is 0 Å². The SMILES string of the molecule is Clc1ccc(/C=N\N=C/c2ccco2)c(Cl)c1. The smallest absolute Gasteiger partial charge is 0.146 e. The van der Waals surface area contributed by atoms with E-state index in [4.69, 9.17) is 27.6 Å². The van der Waals surface area contributed by atoms with E-state index < -0.39 is 0 Å². The van der Waals surface area contributed by atoms with Gasteiger partial charge < -0.3 is 4.42 Å². The summed E-state index contributed by atoms with van der Waals surface area (Å²) in [6, 6.07) is 8.73. The van der Waals surface area contributed by atoms with Gasteiger partial charge in [0.1, 0.15) is 5.76 Å². The highest BCUT2D eigenvalue weighted by molar-refractivity contribution is 6.36. The number of furan rings is 1. The molecular weight excluding hydrogens is 259 g/mol. The second-order valence-corrected chi connectivity index (χ2v) is 4.01. The molecule has 0 aliphatic carbocycles. The van der Waals surface area contributed by atoms with Crippen LogP contribution in [0.1, 0.15) is 11.3 Å². The fraction of sp³-hybridized carbons (Fsp3) is 0. The molecule has 0 fully saturated rings. The van der Waals surface area contributed by atoms with Crippen molar-refractivity contribution >= 4 is 35.6 Å². The highest BCUT2D eigenvalue weighted by Crippen LogP contribution is 2.19. The molecule has 3 nitrogen and oxygen atoms in total. The Hall–Kier alpha value is -1.58. The number of rotatable bonds is 3. The Balaban J connectivity index is 2.05. The van der Waals surface area contributed by atoms with Gasteiger partial charge in [0.05, 0.1) is 23.7 Å². The van der Waals surface area contributed by atoms with E-state index in [0.717, 1.165) is 5.56 Å². The van der Waals surface area contributed by atoms with Gasteiger partial charge in [-0.3, -0.25) is 0 Å². The van der Waals surface area contributed by atoms with E-state index in [1.807, 2.05) is 0 Å².